The van der Waals surface area contributed by atoms with Gasteiger partial charge in [-0.05, 0) is 50.0 Å². The van der Waals surface area contributed by atoms with Gasteiger partial charge in [0.05, 0.1) is 19.2 Å². The second-order valence-corrected chi connectivity index (χ2v) is 8.72. The van der Waals surface area contributed by atoms with Crippen molar-refractivity contribution in [3.63, 3.8) is 0 Å². The minimum atomic E-state index is 0.299. The molecule has 0 atom stereocenters. The molecule has 0 radical (unpaired) electrons. The fourth-order valence-corrected chi connectivity index (χ4v) is 4.54. The van der Waals surface area contributed by atoms with E-state index in [0.717, 1.165) is 47.7 Å². The fourth-order valence-electron chi connectivity index (χ4n) is 4.54. The van der Waals surface area contributed by atoms with Crippen molar-refractivity contribution < 1.29 is 4.74 Å². The topological polar surface area (TPSA) is 81.2 Å². The van der Waals surface area contributed by atoms with E-state index in [1.807, 2.05) is 6.07 Å². The molecule has 172 valence electrons. The highest BCUT2D eigenvalue weighted by Gasteiger charge is 2.15. The Morgan fingerprint density at radius 3 is 2.69 bits per heavy atom. The molecule has 1 aliphatic heterocycles. The van der Waals surface area contributed by atoms with Gasteiger partial charge in [-0.15, -0.1) is 0 Å². The first-order valence-electron chi connectivity index (χ1n) is 11.9. The zero-order valence-corrected chi connectivity index (χ0v) is 19.4. The molecule has 7 nitrogen and oxygen atoms in total. The van der Waals surface area contributed by atoms with Crippen molar-refractivity contribution in [1.29, 1.82) is 0 Å². The standard InChI is InChI=1S/C25H36N6O/c1-3-4-6-12-27-24-23-21(28-25(26)29-24)11-15-31(23)18-20-10-9-19(16-22(20)32-2)17-30-13-7-5-8-14-30/h9-11,15-16H,3-8,12-14,17-18H2,1-2H3,(H3,26,27,28,29). The Kier molecular flexibility index (Phi) is 7.47. The van der Waals surface area contributed by atoms with E-state index in [1.54, 1.807) is 7.11 Å². The predicted molar refractivity (Wildman–Crippen MR) is 131 cm³/mol. The number of likely N-dealkylation sites (tertiary alicyclic amines) is 1. The summed E-state index contributed by atoms with van der Waals surface area (Å²) in [5.41, 5.74) is 10.2. The summed E-state index contributed by atoms with van der Waals surface area (Å²) in [6.45, 7) is 7.14. The molecular weight excluding hydrogens is 400 g/mol. The zero-order chi connectivity index (χ0) is 22.3. The predicted octanol–water partition coefficient (Wildman–Crippen LogP) is 4.66. The molecule has 0 saturated carbocycles. The number of fused-ring (bicyclic) bond motifs is 1. The van der Waals surface area contributed by atoms with Crippen LogP contribution in [0.5, 0.6) is 5.75 Å². The highest BCUT2D eigenvalue weighted by Crippen LogP contribution is 2.27. The zero-order valence-electron chi connectivity index (χ0n) is 19.4. The van der Waals surface area contributed by atoms with Crippen LogP contribution in [0.3, 0.4) is 0 Å². The van der Waals surface area contributed by atoms with Crippen molar-refractivity contribution in [2.45, 2.75) is 58.5 Å². The lowest BCUT2D eigenvalue weighted by atomic mass is 10.1. The largest absolute Gasteiger partial charge is 0.496 e. The Hall–Kier alpha value is -2.80. The van der Waals surface area contributed by atoms with E-state index in [0.29, 0.717) is 12.5 Å². The number of piperidine rings is 1. The number of nitrogens with one attached hydrogen (secondary N) is 1. The van der Waals surface area contributed by atoms with Crippen molar-refractivity contribution in [1.82, 2.24) is 19.4 Å². The van der Waals surface area contributed by atoms with E-state index in [-0.39, 0.29) is 0 Å². The van der Waals surface area contributed by atoms with Crippen LogP contribution in [0, 0.1) is 0 Å². The number of methoxy groups -OCH3 is 1. The van der Waals surface area contributed by atoms with E-state index in [4.69, 9.17) is 10.5 Å². The van der Waals surface area contributed by atoms with Crippen LogP contribution < -0.4 is 15.8 Å². The minimum Gasteiger partial charge on any atom is -0.496 e. The maximum atomic E-state index is 5.96. The second kappa shape index (κ2) is 10.7. The molecule has 1 fully saturated rings. The molecule has 3 N–H and O–H groups in total. The van der Waals surface area contributed by atoms with Crippen LogP contribution in [-0.4, -0.2) is 46.2 Å². The number of nitrogens with two attached hydrogens (primary N) is 1. The molecule has 0 bridgehead atoms. The van der Waals surface area contributed by atoms with Crippen molar-refractivity contribution in [3.8, 4) is 5.75 Å². The molecule has 0 aliphatic carbocycles. The molecule has 0 unspecified atom stereocenters. The lowest BCUT2D eigenvalue weighted by Gasteiger charge is -2.26. The molecule has 32 heavy (non-hydrogen) atoms. The molecule has 3 heterocycles. The average Bonchev–Trinajstić information content (AvgIpc) is 3.20. The third-order valence-corrected chi connectivity index (χ3v) is 6.25. The third-order valence-electron chi connectivity index (χ3n) is 6.25. The first-order chi connectivity index (χ1) is 15.7. The van der Waals surface area contributed by atoms with Crippen LogP contribution in [0.2, 0.25) is 0 Å². The van der Waals surface area contributed by atoms with E-state index < -0.39 is 0 Å². The molecule has 0 spiro atoms. The average molecular weight is 437 g/mol. The molecule has 7 heteroatoms. The summed E-state index contributed by atoms with van der Waals surface area (Å²) in [5, 5.41) is 3.47. The van der Waals surface area contributed by atoms with Gasteiger partial charge in [-0.3, -0.25) is 4.90 Å². The van der Waals surface area contributed by atoms with Gasteiger partial charge in [0.1, 0.15) is 11.3 Å². The number of hydrogen-bond donors (Lipinski definition) is 2. The molecule has 0 amide bonds. The summed E-state index contributed by atoms with van der Waals surface area (Å²) >= 11 is 0. The van der Waals surface area contributed by atoms with Crippen LogP contribution in [-0.2, 0) is 13.1 Å². The molecule has 4 rings (SSSR count). The van der Waals surface area contributed by atoms with E-state index in [1.165, 1.54) is 50.8 Å². The molecule has 1 aliphatic rings. The Morgan fingerprint density at radius 1 is 1.06 bits per heavy atom. The normalized spacial score (nSPS) is 14.7. The Morgan fingerprint density at radius 2 is 1.91 bits per heavy atom. The van der Waals surface area contributed by atoms with Crippen molar-refractivity contribution in [2.75, 3.05) is 37.8 Å². The Bertz CT molecular complexity index is 1020. The highest BCUT2D eigenvalue weighted by molar-refractivity contribution is 5.87. The second-order valence-electron chi connectivity index (χ2n) is 8.72. The number of aromatic nitrogens is 3. The summed E-state index contributed by atoms with van der Waals surface area (Å²) in [7, 11) is 1.75. The number of ether oxygens (including phenoxy) is 1. The van der Waals surface area contributed by atoms with Crippen molar-refractivity contribution >= 4 is 22.8 Å². The van der Waals surface area contributed by atoms with Gasteiger partial charge in [-0.1, -0.05) is 38.3 Å². The molecule has 3 aromatic rings. The minimum absolute atomic E-state index is 0.299. The monoisotopic (exact) mass is 436 g/mol. The van der Waals surface area contributed by atoms with Gasteiger partial charge in [-0.25, -0.2) is 4.98 Å². The van der Waals surface area contributed by atoms with Gasteiger partial charge in [-0.2, -0.15) is 4.98 Å². The summed E-state index contributed by atoms with van der Waals surface area (Å²) in [4.78, 5) is 11.5. The van der Waals surface area contributed by atoms with E-state index in [9.17, 15) is 0 Å². The first-order valence-corrected chi connectivity index (χ1v) is 11.9. The summed E-state index contributed by atoms with van der Waals surface area (Å²) in [6, 6.07) is 8.61. The van der Waals surface area contributed by atoms with Crippen LogP contribution in [0.1, 0.15) is 56.6 Å². The maximum absolute atomic E-state index is 5.96. The van der Waals surface area contributed by atoms with E-state index in [2.05, 4.69) is 56.1 Å². The number of nitrogen functional groups attached to an aromatic ring is 1. The van der Waals surface area contributed by atoms with Crippen molar-refractivity contribution in [2.24, 2.45) is 0 Å². The number of rotatable bonds is 10. The first kappa shape index (κ1) is 22.4. The van der Waals surface area contributed by atoms with Crippen LogP contribution in [0.15, 0.2) is 30.5 Å². The Balaban J connectivity index is 1.55. The van der Waals surface area contributed by atoms with Gasteiger partial charge in [0.25, 0.3) is 0 Å². The third kappa shape index (κ3) is 5.33. The number of anilines is 2. The number of unbranched alkanes of at least 4 members (excludes halogenated alkanes) is 2. The van der Waals surface area contributed by atoms with Crippen LogP contribution >= 0.6 is 0 Å². The number of nitrogens with zero attached hydrogens (tertiary/aromatic N) is 4. The van der Waals surface area contributed by atoms with Gasteiger partial charge < -0.3 is 20.4 Å². The number of hydrogen-bond acceptors (Lipinski definition) is 6. The van der Waals surface area contributed by atoms with E-state index >= 15 is 0 Å². The lowest BCUT2D eigenvalue weighted by molar-refractivity contribution is 0.220. The molecule has 1 saturated heterocycles. The molecule has 2 aromatic heterocycles. The summed E-state index contributed by atoms with van der Waals surface area (Å²) < 4.78 is 7.96. The lowest BCUT2D eigenvalue weighted by Crippen LogP contribution is -2.29. The van der Waals surface area contributed by atoms with Gasteiger partial charge >= 0.3 is 0 Å². The van der Waals surface area contributed by atoms with Crippen molar-refractivity contribution in [3.05, 3.63) is 41.6 Å². The Labute approximate surface area is 191 Å². The summed E-state index contributed by atoms with van der Waals surface area (Å²) in [6.07, 6.45) is 9.50. The number of benzene rings is 1. The highest BCUT2D eigenvalue weighted by atomic mass is 16.5. The molecule has 1 aromatic carbocycles. The molecular formula is C25H36N6O. The smallest absolute Gasteiger partial charge is 0.222 e. The van der Waals surface area contributed by atoms with Gasteiger partial charge in [0.15, 0.2) is 5.82 Å². The SMILES string of the molecule is CCCCCNc1nc(N)nc2ccn(Cc3ccc(CN4CCCCC4)cc3OC)c12. The maximum Gasteiger partial charge on any atom is 0.222 e. The fraction of sp³-hybridized carbons (Fsp3) is 0.520. The van der Waals surface area contributed by atoms with Gasteiger partial charge in [0.2, 0.25) is 5.95 Å². The van der Waals surface area contributed by atoms with Gasteiger partial charge in [0, 0.05) is 24.8 Å². The van der Waals surface area contributed by atoms with Crippen LogP contribution in [0.25, 0.3) is 11.0 Å². The summed E-state index contributed by atoms with van der Waals surface area (Å²) in [5.74, 6) is 2.03. The van der Waals surface area contributed by atoms with Crippen LogP contribution in [0.4, 0.5) is 11.8 Å². The quantitative estimate of drug-likeness (QED) is 0.450.